The third-order valence-corrected chi connectivity index (χ3v) is 5.41. The molecule has 0 amide bonds. The van der Waals surface area contributed by atoms with Crippen molar-refractivity contribution in [1.82, 2.24) is 4.31 Å². The number of nitrogens with zero attached hydrogens (tertiary/aromatic N) is 1. The van der Waals surface area contributed by atoms with Crippen LogP contribution in [0.1, 0.15) is 27.2 Å². The topological polar surface area (TPSA) is 72.6 Å². The molecule has 1 aromatic carbocycles. The summed E-state index contributed by atoms with van der Waals surface area (Å²) in [6.07, 6.45) is 0.969. The van der Waals surface area contributed by atoms with E-state index in [4.69, 9.17) is 10.5 Å². The van der Waals surface area contributed by atoms with Gasteiger partial charge in [0.05, 0.1) is 11.5 Å². The Morgan fingerprint density at radius 2 is 1.73 bits per heavy atom. The molecule has 0 saturated heterocycles. The highest BCUT2D eigenvalue weighted by Gasteiger charge is 2.24. The van der Waals surface area contributed by atoms with E-state index >= 15 is 0 Å². The predicted molar refractivity (Wildman–Crippen MR) is 92.1 cm³/mol. The Morgan fingerprint density at radius 1 is 1.18 bits per heavy atom. The lowest BCUT2D eigenvalue weighted by molar-refractivity contribution is 0.289. The number of hydrogen-bond acceptors (Lipinski definition) is 4. The van der Waals surface area contributed by atoms with Gasteiger partial charge in [-0.1, -0.05) is 13.8 Å². The number of halogens is 1. The summed E-state index contributed by atoms with van der Waals surface area (Å²) in [6, 6.07) is 6.28. The molecular formula is C15H27ClN2O3S. The van der Waals surface area contributed by atoms with Crippen molar-refractivity contribution in [2.75, 3.05) is 20.2 Å². The highest BCUT2D eigenvalue weighted by molar-refractivity contribution is 7.89. The van der Waals surface area contributed by atoms with Crippen LogP contribution in [-0.4, -0.2) is 39.0 Å². The van der Waals surface area contributed by atoms with Gasteiger partial charge in [-0.25, -0.2) is 8.42 Å². The fourth-order valence-corrected chi connectivity index (χ4v) is 3.04. The van der Waals surface area contributed by atoms with E-state index in [9.17, 15) is 8.42 Å². The Bertz CT molecular complexity index is 532. The van der Waals surface area contributed by atoms with Crippen LogP contribution in [0.25, 0.3) is 0 Å². The summed E-state index contributed by atoms with van der Waals surface area (Å²) >= 11 is 0. The van der Waals surface area contributed by atoms with Crippen LogP contribution in [0.3, 0.4) is 0 Å². The van der Waals surface area contributed by atoms with Crippen molar-refractivity contribution in [3.8, 4) is 5.75 Å². The van der Waals surface area contributed by atoms with E-state index in [-0.39, 0.29) is 29.9 Å². The van der Waals surface area contributed by atoms with Gasteiger partial charge in [0.1, 0.15) is 5.75 Å². The lowest BCUT2D eigenvalue weighted by Crippen LogP contribution is -2.39. The summed E-state index contributed by atoms with van der Waals surface area (Å²) in [4.78, 5) is 0.251. The minimum atomic E-state index is -3.50. The highest BCUT2D eigenvalue weighted by atomic mass is 35.5. The summed E-state index contributed by atoms with van der Waals surface area (Å²) in [5.41, 5.74) is 5.52. The van der Waals surface area contributed by atoms with Crippen molar-refractivity contribution >= 4 is 22.4 Å². The van der Waals surface area contributed by atoms with Crippen molar-refractivity contribution in [2.45, 2.75) is 38.1 Å². The predicted octanol–water partition coefficient (Wildman–Crippen LogP) is 2.50. The Morgan fingerprint density at radius 3 is 2.18 bits per heavy atom. The number of ether oxygens (including phenoxy) is 1. The van der Waals surface area contributed by atoms with E-state index in [1.165, 1.54) is 4.31 Å². The number of likely N-dealkylation sites (N-methyl/N-ethyl adjacent to an activating group) is 1. The molecule has 22 heavy (non-hydrogen) atoms. The lowest BCUT2D eigenvalue weighted by atomic mass is 10.1. The molecule has 0 bridgehead atoms. The molecule has 0 heterocycles. The van der Waals surface area contributed by atoms with Crippen LogP contribution < -0.4 is 10.5 Å². The largest absolute Gasteiger partial charge is 0.494 e. The van der Waals surface area contributed by atoms with Crippen LogP contribution in [-0.2, 0) is 10.0 Å². The number of nitrogens with two attached hydrogens (primary N) is 1. The van der Waals surface area contributed by atoms with Crippen molar-refractivity contribution in [2.24, 2.45) is 11.7 Å². The van der Waals surface area contributed by atoms with Crippen molar-refractivity contribution < 1.29 is 13.2 Å². The second kappa shape index (κ2) is 9.35. The Hall–Kier alpha value is -0.820. The van der Waals surface area contributed by atoms with Gasteiger partial charge in [-0.2, -0.15) is 4.31 Å². The standard InChI is InChI=1S/C15H26N2O3S.ClH/c1-12(2)9-10-20-14-5-7-15(8-6-14)21(18,19)17(4)13(3)11-16;/h5-8,12-13H,9-11,16H2,1-4H3;1H. The first-order valence-electron chi connectivity index (χ1n) is 7.20. The van der Waals surface area contributed by atoms with Gasteiger partial charge < -0.3 is 10.5 Å². The third kappa shape index (κ3) is 5.76. The summed E-state index contributed by atoms with van der Waals surface area (Å²) in [6.45, 7) is 6.96. The molecule has 0 aliphatic carbocycles. The molecule has 0 aliphatic rings. The maximum Gasteiger partial charge on any atom is 0.243 e. The molecule has 0 saturated carbocycles. The van der Waals surface area contributed by atoms with Gasteiger partial charge in [0, 0.05) is 19.6 Å². The second-order valence-corrected chi connectivity index (χ2v) is 7.61. The van der Waals surface area contributed by atoms with E-state index < -0.39 is 10.0 Å². The maximum atomic E-state index is 12.4. The summed E-state index contributed by atoms with van der Waals surface area (Å²) in [7, 11) is -1.96. The normalized spacial score (nSPS) is 13.0. The van der Waals surface area contributed by atoms with Crippen LogP contribution in [0.2, 0.25) is 0 Å². The molecule has 5 nitrogen and oxygen atoms in total. The average Bonchev–Trinajstić information content (AvgIpc) is 2.45. The first kappa shape index (κ1) is 21.2. The van der Waals surface area contributed by atoms with E-state index in [1.807, 2.05) is 0 Å². The average molecular weight is 351 g/mol. The van der Waals surface area contributed by atoms with Gasteiger partial charge in [-0.15, -0.1) is 12.4 Å². The summed E-state index contributed by atoms with van der Waals surface area (Å²) in [5, 5.41) is 0. The highest BCUT2D eigenvalue weighted by Crippen LogP contribution is 2.20. The Kier molecular flexibility index (Phi) is 9.00. The van der Waals surface area contributed by atoms with Crippen molar-refractivity contribution in [3.63, 3.8) is 0 Å². The molecule has 1 aromatic rings. The molecule has 0 aromatic heterocycles. The van der Waals surface area contributed by atoms with Gasteiger partial charge >= 0.3 is 0 Å². The molecule has 0 aliphatic heterocycles. The minimum Gasteiger partial charge on any atom is -0.494 e. The van der Waals surface area contributed by atoms with E-state index in [2.05, 4.69) is 13.8 Å². The molecule has 1 atom stereocenters. The van der Waals surface area contributed by atoms with Crippen LogP contribution >= 0.6 is 12.4 Å². The second-order valence-electron chi connectivity index (χ2n) is 5.61. The zero-order valence-electron chi connectivity index (χ0n) is 13.7. The quantitative estimate of drug-likeness (QED) is 0.781. The summed E-state index contributed by atoms with van der Waals surface area (Å²) < 4.78 is 31.6. The van der Waals surface area contributed by atoms with Gasteiger partial charge in [0.15, 0.2) is 0 Å². The van der Waals surface area contributed by atoms with E-state index in [1.54, 1.807) is 38.2 Å². The third-order valence-electron chi connectivity index (χ3n) is 3.43. The molecule has 7 heteroatoms. The lowest BCUT2D eigenvalue weighted by Gasteiger charge is -2.23. The van der Waals surface area contributed by atoms with Crippen LogP contribution in [0.15, 0.2) is 29.2 Å². The summed E-state index contributed by atoms with van der Waals surface area (Å²) in [5.74, 6) is 1.26. The van der Waals surface area contributed by atoms with Crippen LogP contribution in [0.4, 0.5) is 0 Å². The van der Waals surface area contributed by atoms with E-state index in [0.29, 0.717) is 18.3 Å². The van der Waals surface area contributed by atoms with Crippen molar-refractivity contribution in [3.05, 3.63) is 24.3 Å². The molecule has 1 rings (SSSR count). The number of benzene rings is 1. The first-order valence-corrected chi connectivity index (χ1v) is 8.64. The fourth-order valence-electron chi connectivity index (χ4n) is 1.67. The van der Waals surface area contributed by atoms with Crippen LogP contribution in [0, 0.1) is 5.92 Å². The van der Waals surface area contributed by atoms with Crippen LogP contribution in [0.5, 0.6) is 5.75 Å². The molecule has 1 unspecified atom stereocenters. The molecule has 0 spiro atoms. The number of rotatable bonds is 8. The molecule has 0 radical (unpaired) electrons. The molecule has 128 valence electrons. The first-order chi connectivity index (χ1) is 9.78. The molecule has 0 fully saturated rings. The monoisotopic (exact) mass is 350 g/mol. The minimum absolute atomic E-state index is 0. The zero-order chi connectivity index (χ0) is 16.0. The SMILES string of the molecule is CC(C)CCOc1ccc(S(=O)(=O)N(C)C(C)CN)cc1.Cl. The maximum absolute atomic E-state index is 12.4. The zero-order valence-corrected chi connectivity index (χ0v) is 15.3. The van der Waals surface area contributed by atoms with Crippen molar-refractivity contribution in [1.29, 1.82) is 0 Å². The van der Waals surface area contributed by atoms with Gasteiger partial charge in [-0.05, 0) is 43.5 Å². The smallest absolute Gasteiger partial charge is 0.243 e. The number of sulfonamides is 1. The Labute approximate surface area is 140 Å². The fraction of sp³-hybridized carbons (Fsp3) is 0.600. The number of hydrogen-bond donors (Lipinski definition) is 1. The Balaban J connectivity index is 0.00000441. The molecule has 2 N–H and O–H groups in total. The molecular weight excluding hydrogens is 324 g/mol. The van der Waals surface area contributed by atoms with Gasteiger partial charge in [0.25, 0.3) is 0 Å². The van der Waals surface area contributed by atoms with Gasteiger partial charge in [-0.3, -0.25) is 0 Å². The van der Waals surface area contributed by atoms with Gasteiger partial charge in [0.2, 0.25) is 10.0 Å². The van der Waals surface area contributed by atoms with E-state index in [0.717, 1.165) is 6.42 Å².